The van der Waals surface area contributed by atoms with E-state index in [0.717, 1.165) is 16.9 Å². The predicted molar refractivity (Wildman–Crippen MR) is 79.9 cm³/mol. The van der Waals surface area contributed by atoms with Gasteiger partial charge in [0.05, 0.1) is 16.6 Å². The molecule has 2 aromatic carbocycles. The Bertz CT molecular complexity index is 665. The van der Waals surface area contributed by atoms with E-state index >= 15 is 0 Å². The van der Waals surface area contributed by atoms with Gasteiger partial charge in [0.25, 0.3) is 0 Å². The van der Waals surface area contributed by atoms with Gasteiger partial charge < -0.3 is 9.47 Å². The minimum absolute atomic E-state index is 0.234. The molecule has 2 aromatic rings. The molecule has 0 N–H and O–H groups in total. The molecule has 3 rings (SSSR count). The Morgan fingerprint density at radius 1 is 1.10 bits per heavy atom. The summed E-state index contributed by atoms with van der Waals surface area (Å²) in [7, 11) is -1.15. The molecule has 0 saturated heterocycles. The second-order valence-electron chi connectivity index (χ2n) is 4.47. The first-order valence-electron chi connectivity index (χ1n) is 6.25. The highest BCUT2D eigenvalue weighted by atomic mass is 32.2. The van der Waals surface area contributed by atoms with Gasteiger partial charge in [-0.15, -0.1) is 0 Å². The smallest absolute Gasteiger partial charge is 0.231 e. The zero-order valence-electron chi connectivity index (χ0n) is 10.9. The standard InChI is InChI=1S/C16H14O3S/c1-12(20(17)10-13-5-3-2-4-6-13)14-7-8-15-16(9-14)19-11-18-15/h2-9H,1,10-11H2/t20-/m0/s1. The quantitative estimate of drug-likeness (QED) is 0.864. The van der Waals surface area contributed by atoms with Crippen LogP contribution in [0.2, 0.25) is 0 Å². The molecule has 0 amide bonds. The molecule has 1 aliphatic heterocycles. The van der Waals surface area contributed by atoms with Gasteiger partial charge in [-0.25, -0.2) is 0 Å². The van der Waals surface area contributed by atoms with Crippen molar-refractivity contribution in [3.8, 4) is 11.5 Å². The van der Waals surface area contributed by atoms with Crippen LogP contribution in [0.1, 0.15) is 11.1 Å². The Hall–Kier alpha value is -2.07. The SMILES string of the molecule is C=C(c1ccc2c(c1)OCO2)[S@@](=O)Cc1ccccc1. The van der Waals surface area contributed by atoms with Gasteiger partial charge in [-0.2, -0.15) is 0 Å². The van der Waals surface area contributed by atoms with Gasteiger partial charge in [0.2, 0.25) is 6.79 Å². The molecule has 102 valence electrons. The molecule has 3 nitrogen and oxygen atoms in total. The third-order valence-electron chi connectivity index (χ3n) is 3.11. The van der Waals surface area contributed by atoms with E-state index in [9.17, 15) is 4.21 Å². The average molecular weight is 286 g/mol. The summed E-state index contributed by atoms with van der Waals surface area (Å²) in [5.41, 5.74) is 1.86. The van der Waals surface area contributed by atoms with Crippen LogP contribution in [0, 0.1) is 0 Å². The van der Waals surface area contributed by atoms with Crippen LogP contribution < -0.4 is 9.47 Å². The lowest BCUT2D eigenvalue weighted by Crippen LogP contribution is -1.98. The molecule has 1 heterocycles. The van der Waals surface area contributed by atoms with Crippen LogP contribution in [0.3, 0.4) is 0 Å². The van der Waals surface area contributed by atoms with Crippen LogP contribution in [0.25, 0.3) is 4.91 Å². The van der Waals surface area contributed by atoms with Crippen LogP contribution in [-0.4, -0.2) is 11.0 Å². The first-order chi connectivity index (χ1) is 9.74. The number of hydrogen-bond donors (Lipinski definition) is 0. The van der Waals surface area contributed by atoms with Crippen LogP contribution in [0.5, 0.6) is 11.5 Å². The van der Waals surface area contributed by atoms with Crippen LogP contribution in [-0.2, 0) is 16.6 Å². The second-order valence-corrected chi connectivity index (χ2v) is 5.94. The summed E-state index contributed by atoms with van der Waals surface area (Å²) in [5.74, 6) is 1.87. The first kappa shape index (κ1) is 12.9. The Kier molecular flexibility index (Phi) is 3.56. The molecule has 0 saturated carbocycles. The van der Waals surface area contributed by atoms with E-state index in [2.05, 4.69) is 6.58 Å². The summed E-state index contributed by atoms with van der Waals surface area (Å²) in [4.78, 5) is 0.604. The minimum atomic E-state index is -1.15. The molecule has 0 fully saturated rings. The zero-order valence-corrected chi connectivity index (χ0v) is 11.7. The minimum Gasteiger partial charge on any atom is -0.454 e. The number of ether oxygens (including phenoxy) is 2. The lowest BCUT2D eigenvalue weighted by atomic mass is 10.2. The summed E-state index contributed by atoms with van der Waals surface area (Å²) in [5, 5.41) is 0. The lowest BCUT2D eigenvalue weighted by molar-refractivity contribution is 0.174. The molecule has 0 radical (unpaired) electrons. The Labute approximate surface area is 120 Å². The zero-order chi connectivity index (χ0) is 13.9. The van der Waals surface area contributed by atoms with Gasteiger partial charge in [-0.05, 0) is 29.3 Å². The van der Waals surface area contributed by atoms with Crippen molar-refractivity contribution in [1.29, 1.82) is 0 Å². The van der Waals surface area contributed by atoms with E-state index in [-0.39, 0.29) is 6.79 Å². The molecular weight excluding hydrogens is 272 g/mol. The summed E-state index contributed by atoms with van der Waals surface area (Å²) >= 11 is 0. The summed E-state index contributed by atoms with van der Waals surface area (Å²) in [6.07, 6.45) is 0. The van der Waals surface area contributed by atoms with Crippen LogP contribution in [0.15, 0.2) is 55.1 Å². The van der Waals surface area contributed by atoms with Crippen molar-refractivity contribution < 1.29 is 13.7 Å². The molecule has 20 heavy (non-hydrogen) atoms. The molecule has 0 spiro atoms. The maximum absolute atomic E-state index is 12.4. The van der Waals surface area contributed by atoms with Crippen molar-refractivity contribution >= 4 is 15.7 Å². The Balaban J connectivity index is 1.77. The third kappa shape index (κ3) is 2.60. The summed E-state index contributed by atoms with van der Waals surface area (Å²) in [6.45, 7) is 4.18. The maximum Gasteiger partial charge on any atom is 0.231 e. The van der Waals surface area contributed by atoms with E-state index < -0.39 is 10.8 Å². The summed E-state index contributed by atoms with van der Waals surface area (Å²) < 4.78 is 22.9. The molecular formula is C16H14O3S. The monoisotopic (exact) mass is 286 g/mol. The van der Waals surface area contributed by atoms with Crippen LogP contribution in [0.4, 0.5) is 0 Å². The van der Waals surface area contributed by atoms with E-state index in [1.54, 1.807) is 0 Å². The van der Waals surface area contributed by atoms with Crippen molar-refractivity contribution in [2.45, 2.75) is 5.75 Å². The fraction of sp³-hybridized carbons (Fsp3) is 0.125. The topological polar surface area (TPSA) is 35.5 Å². The molecule has 0 unspecified atom stereocenters. The van der Waals surface area contributed by atoms with Gasteiger partial charge in [-0.1, -0.05) is 36.9 Å². The number of fused-ring (bicyclic) bond motifs is 1. The Morgan fingerprint density at radius 3 is 2.65 bits per heavy atom. The predicted octanol–water partition coefficient (Wildman–Crippen LogP) is 3.33. The van der Waals surface area contributed by atoms with Gasteiger partial charge in [0, 0.05) is 4.91 Å². The normalized spacial score (nSPS) is 14.0. The highest BCUT2D eigenvalue weighted by Gasteiger charge is 2.16. The largest absolute Gasteiger partial charge is 0.454 e. The number of benzene rings is 2. The average Bonchev–Trinajstić information content (AvgIpc) is 2.94. The van der Waals surface area contributed by atoms with E-state index in [4.69, 9.17) is 9.47 Å². The number of rotatable bonds is 4. The molecule has 1 atom stereocenters. The maximum atomic E-state index is 12.4. The molecule has 0 aliphatic carbocycles. The highest BCUT2D eigenvalue weighted by molar-refractivity contribution is 7.93. The lowest BCUT2D eigenvalue weighted by Gasteiger charge is -2.07. The fourth-order valence-corrected chi connectivity index (χ4v) is 3.07. The van der Waals surface area contributed by atoms with E-state index in [1.807, 2.05) is 48.5 Å². The first-order valence-corrected chi connectivity index (χ1v) is 7.57. The third-order valence-corrected chi connectivity index (χ3v) is 4.49. The van der Waals surface area contributed by atoms with Gasteiger partial charge in [0.15, 0.2) is 11.5 Å². The second kappa shape index (κ2) is 5.51. The number of hydrogen-bond acceptors (Lipinski definition) is 3. The van der Waals surface area contributed by atoms with Crippen molar-refractivity contribution in [3.05, 3.63) is 66.2 Å². The van der Waals surface area contributed by atoms with Crippen molar-refractivity contribution in [1.82, 2.24) is 0 Å². The van der Waals surface area contributed by atoms with Crippen molar-refractivity contribution in [3.63, 3.8) is 0 Å². The molecule has 1 aliphatic rings. The molecule has 0 aromatic heterocycles. The van der Waals surface area contributed by atoms with Gasteiger partial charge >= 0.3 is 0 Å². The fourth-order valence-electron chi connectivity index (χ4n) is 2.01. The van der Waals surface area contributed by atoms with E-state index in [1.165, 1.54) is 0 Å². The Morgan fingerprint density at radius 2 is 1.85 bits per heavy atom. The summed E-state index contributed by atoms with van der Waals surface area (Å²) in [6, 6.07) is 15.3. The molecule has 0 bridgehead atoms. The van der Waals surface area contributed by atoms with Crippen molar-refractivity contribution in [2.24, 2.45) is 0 Å². The van der Waals surface area contributed by atoms with Crippen LogP contribution >= 0.6 is 0 Å². The van der Waals surface area contributed by atoms with Gasteiger partial charge in [-0.3, -0.25) is 4.21 Å². The van der Waals surface area contributed by atoms with Gasteiger partial charge in [0.1, 0.15) is 0 Å². The van der Waals surface area contributed by atoms with E-state index in [0.29, 0.717) is 16.4 Å². The highest BCUT2D eigenvalue weighted by Crippen LogP contribution is 2.35. The van der Waals surface area contributed by atoms with Crippen molar-refractivity contribution in [2.75, 3.05) is 6.79 Å². The molecule has 4 heteroatoms.